The first-order valence-corrected chi connectivity index (χ1v) is 7.06. The normalized spacial score (nSPS) is 10.8. The second-order valence-electron chi connectivity index (χ2n) is 4.96. The van der Waals surface area contributed by atoms with Crippen LogP contribution in [0.3, 0.4) is 0 Å². The first-order chi connectivity index (χ1) is 9.92. The van der Waals surface area contributed by atoms with Crippen molar-refractivity contribution >= 4 is 17.5 Å². The van der Waals surface area contributed by atoms with E-state index in [4.69, 9.17) is 5.11 Å². The molecule has 0 saturated heterocycles. The van der Waals surface area contributed by atoms with Gasteiger partial charge in [0.2, 0.25) is 11.8 Å². The van der Waals surface area contributed by atoms with Crippen molar-refractivity contribution in [3.8, 4) is 0 Å². The second-order valence-corrected chi connectivity index (χ2v) is 4.96. The van der Waals surface area contributed by atoms with E-state index in [0.29, 0.717) is 37.0 Å². The van der Waals surface area contributed by atoms with Crippen LogP contribution in [0.25, 0.3) is 0 Å². The molecule has 0 aliphatic rings. The summed E-state index contributed by atoms with van der Waals surface area (Å²) in [6, 6.07) is 0.0269. The van der Waals surface area contributed by atoms with Gasteiger partial charge in [0.15, 0.2) is 0 Å². The van der Waals surface area contributed by atoms with Gasteiger partial charge in [0.05, 0.1) is 4.92 Å². The average molecular weight is 297 g/mol. The number of aromatic nitrogens is 2. The summed E-state index contributed by atoms with van der Waals surface area (Å²) in [5.41, 5.74) is 0.249. The summed E-state index contributed by atoms with van der Waals surface area (Å²) >= 11 is 0. The minimum absolute atomic E-state index is 0.0269. The number of nitro groups is 1. The van der Waals surface area contributed by atoms with Crippen molar-refractivity contribution in [2.24, 2.45) is 0 Å². The van der Waals surface area contributed by atoms with Crippen LogP contribution >= 0.6 is 0 Å². The van der Waals surface area contributed by atoms with Gasteiger partial charge in [-0.15, -0.1) is 0 Å². The van der Waals surface area contributed by atoms with Crippen LogP contribution in [-0.4, -0.2) is 45.7 Å². The van der Waals surface area contributed by atoms with Crippen molar-refractivity contribution < 1.29 is 10.0 Å². The molecule has 0 spiro atoms. The van der Waals surface area contributed by atoms with E-state index in [1.54, 1.807) is 6.92 Å². The number of aryl methyl sites for hydroxylation is 1. The summed E-state index contributed by atoms with van der Waals surface area (Å²) in [5.74, 6) is 0.678. The molecule has 0 amide bonds. The number of aliphatic hydroxyl groups excluding tert-OH is 1. The minimum atomic E-state index is -0.450. The average Bonchev–Trinajstić information content (AvgIpc) is 2.38. The summed E-state index contributed by atoms with van der Waals surface area (Å²) in [4.78, 5) is 21.1. The van der Waals surface area contributed by atoms with Gasteiger partial charge in [-0.2, -0.15) is 4.98 Å². The maximum absolute atomic E-state index is 11.3. The smallest absolute Gasteiger partial charge is 0.332 e. The van der Waals surface area contributed by atoms with E-state index in [1.807, 2.05) is 25.7 Å². The molecule has 0 fully saturated rings. The number of hydrogen-bond acceptors (Lipinski definition) is 7. The highest BCUT2D eigenvalue weighted by Gasteiger charge is 2.27. The number of anilines is 2. The van der Waals surface area contributed by atoms with Crippen LogP contribution in [0, 0.1) is 17.0 Å². The van der Waals surface area contributed by atoms with Crippen LogP contribution in [-0.2, 0) is 0 Å². The van der Waals surface area contributed by atoms with Gasteiger partial charge in [-0.05, 0) is 34.1 Å². The van der Waals surface area contributed by atoms with Crippen LogP contribution in [0.15, 0.2) is 0 Å². The molecule has 0 bridgehead atoms. The molecular weight excluding hydrogens is 274 g/mol. The van der Waals surface area contributed by atoms with Gasteiger partial charge in [0, 0.05) is 25.7 Å². The molecule has 1 heterocycles. The highest BCUT2D eigenvalue weighted by molar-refractivity contribution is 5.62. The lowest BCUT2D eigenvalue weighted by Gasteiger charge is -2.27. The monoisotopic (exact) mass is 297 g/mol. The quantitative estimate of drug-likeness (QED) is 0.556. The zero-order valence-corrected chi connectivity index (χ0v) is 13.0. The van der Waals surface area contributed by atoms with Crippen molar-refractivity contribution in [2.45, 2.75) is 40.2 Å². The van der Waals surface area contributed by atoms with E-state index in [0.717, 1.165) is 0 Å². The van der Waals surface area contributed by atoms with Crippen molar-refractivity contribution in [1.82, 2.24) is 9.97 Å². The van der Waals surface area contributed by atoms with E-state index < -0.39 is 4.92 Å². The molecule has 1 rings (SSSR count). The van der Waals surface area contributed by atoms with Gasteiger partial charge < -0.3 is 15.3 Å². The molecule has 0 saturated carbocycles. The van der Waals surface area contributed by atoms with E-state index >= 15 is 0 Å². The Kier molecular flexibility index (Phi) is 6.29. The summed E-state index contributed by atoms with van der Waals surface area (Å²) in [7, 11) is 0. The molecule has 0 aliphatic carbocycles. The molecule has 0 aliphatic heterocycles. The predicted octanol–water partition coefficient (Wildman–Crippen LogP) is 1.72. The molecule has 8 heteroatoms. The maximum atomic E-state index is 11.3. The molecule has 0 radical (unpaired) electrons. The first-order valence-electron chi connectivity index (χ1n) is 7.06. The summed E-state index contributed by atoms with van der Waals surface area (Å²) in [6.07, 6.45) is 0.523. The van der Waals surface area contributed by atoms with E-state index in [2.05, 4.69) is 15.3 Å². The van der Waals surface area contributed by atoms with E-state index in [1.165, 1.54) is 0 Å². The fraction of sp³-hybridized carbons (Fsp3) is 0.692. The lowest BCUT2D eigenvalue weighted by atomic mass is 10.2. The van der Waals surface area contributed by atoms with Crippen LogP contribution in [0.5, 0.6) is 0 Å². The Hall–Kier alpha value is -1.96. The Morgan fingerprint density at radius 3 is 2.57 bits per heavy atom. The van der Waals surface area contributed by atoms with Crippen molar-refractivity contribution in [3.63, 3.8) is 0 Å². The highest BCUT2D eigenvalue weighted by Crippen LogP contribution is 2.31. The lowest BCUT2D eigenvalue weighted by Crippen LogP contribution is -2.34. The van der Waals surface area contributed by atoms with Gasteiger partial charge >= 0.3 is 5.69 Å². The molecule has 118 valence electrons. The predicted molar refractivity (Wildman–Crippen MR) is 81.8 cm³/mol. The molecule has 0 aromatic carbocycles. The standard InChI is InChI=1S/C13H23N5O3/c1-5-14-13-15-10(4)11(18(20)21)12(16-13)17(9(2)3)7-6-8-19/h9,19H,5-8H2,1-4H3,(H,14,15,16). The fourth-order valence-electron chi connectivity index (χ4n) is 2.05. The third-order valence-corrected chi connectivity index (χ3v) is 3.01. The molecule has 0 atom stereocenters. The largest absolute Gasteiger partial charge is 0.396 e. The maximum Gasteiger partial charge on any atom is 0.332 e. The van der Waals surface area contributed by atoms with Crippen LogP contribution < -0.4 is 10.2 Å². The zero-order valence-electron chi connectivity index (χ0n) is 13.0. The van der Waals surface area contributed by atoms with Gasteiger partial charge in [-0.25, -0.2) is 4.98 Å². The first kappa shape index (κ1) is 17.1. The second kappa shape index (κ2) is 7.72. The van der Waals surface area contributed by atoms with Gasteiger partial charge in [0.1, 0.15) is 5.69 Å². The van der Waals surface area contributed by atoms with Gasteiger partial charge in [-0.3, -0.25) is 10.1 Å². The van der Waals surface area contributed by atoms with Crippen molar-refractivity contribution in [2.75, 3.05) is 29.9 Å². The number of nitrogens with one attached hydrogen (secondary N) is 1. The molecule has 21 heavy (non-hydrogen) atoms. The Morgan fingerprint density at radius 1 is 1.43 bits per heavy atom. The summed E-state index contributed by atoms with van der Waals surface area (Å²) in [5, 5.41) is 23.3. The Bertz CT molecular complexity index is 493. The van der Waals surface area contributed by atoms with Crippen LogP contribution in [0.2, 0.25) is 0 Å². The summed E-state index contributed by atoms with van der Waals surface area (Å²) < 4.78 is 0. The van der Waals surface area contributed by atoms with E-state index in [-0.39, 0.29) is 18.3 Å². The van der Waals surface area contributed by atoms with Crippen molar-refractivity contribution in [1.29, 1.82) is 0 Å². The molecule has 2 N–H and O–H groups in total. The van der Waals surface area contributed by atoms with Crippen molar-refractivity contribution in [3.05, 3.63) is 15.8 Å². The highest BCUT2D eigenvalue weighted by atomic mass is 16.6. The molecule has 0 unspecified atom stereocenters. The molecule has 1 aromatic rings. The molecular formula is C13H23N5O3. The van der Waals surface area contributed by atoms with Crippen LogP contribution in [0.1, 0.15) is 32.9 Å². The Labute approximate surface area is 124 Å². The zero-order chi connectivity index (χ0) is 16.0. The van der Waals surface area contributed by atoms with E-state index in [9.17, 15) is 10.1 Å². The third kappa shape index (κ3) is 4.25. The number of hydrogen-bond donors (Lipinski definition) is 2. The van der Waals surface area contributed by atoms with Crippen LogP contribution in [0.4, 0.5) is 17.5 Å². The lowest BCUT2D eigenvalue weighted by molar-refractivity contribution is -0.385. The SMILES string of the molecule is CCNc1nc(C)c([N+](=O)[O-])c(N(CCCO)C(C)C)n1. The number of aliphatic hydroxyl groups is 1. The number of nitrogens with zero attached hydrogens (tertiary/aromatic N) is 4. The molecule has 8 nitrogen and oxygen atoms in total. The third-order valence-electron chi connectivity index (χ3n) is 3.01. The topological polar surface area (TPSA) is 104 Å². The Balaban J connectivity index is 3.35. The van der Waals surface area contributed by atoms with Gasteiger partial charge in [-0.1, -0.05) is 0 Å². The Morgan fingerprint density at radius 2 is 2.10 bits per heavy atom. The fourth-order valence-corrected chi connectivity index (χ4v) is 2.05. The minimum Gasteiger partial charge on any atom is -0.396 e. The number of rotatable bonds is 8. The molecule has 1 aromatic heterocycles. The summed E-state index contributed by atoms with van der Waals surface area (Å²) in [6.45, 7) is 8.55. The van der Waals surface area contributed by atoms with Gasteiger partial charge in [0.25, 0.3) is 0 Å².